The molecule has 2 amide bonds. The van der Waals surface area contributed by atoms with Crippen LogP contribution in [0, 0.1) is 0 Å². The quantitative estimate of drug-likeness (QED) is 0.458. The molecule has 0 aromatic heterocycles. The van der Waals surface area contributed by atoms with Crippen molar-refractivity contribution in [3.05, 3.63) is 64.1 Å². The Labute approximate surface area is 205 Å². The van der Waals surface area contributed by atoms with Crippen molar-refractivity contribution in [2.45, 2.75) is 39.3 Å². The van der Waals surface area contributed by atoms with E-state index in [0.717, 1.165) is 29.0 Å². The highest BCUT2D eigenvalue weighted by atomic mass is 35.5. The molecule has 0 radical (unpaired) electrons. The lowest BCUT2D eigenvalue weighted by atomic mass is 10.1. The molecule has 0 aliphatic heterocycles. The molecule has 7 nitrogen and oxygen atoms in total. The van der Waals surface area contributed by atoms with Crippen LogP contribution < -0.4 is 9.62 Å². The molecule has 180 valence electrons. The first-order chi connectivity index (χ1) is 15.5. The van der Waals surface area contributed by atoms with Crippen LogP contribution in [0.2, 0.25) is 10.0 Å². The van der Waals surface area contributed by atoms with Gasteiger partial charge in [0.15, 0.2) is 0 Å². The minimum absolute atomic E-state index is 0.122. The van der Waals surface area contributed by atoms with Gasteiger partial charge in [0.05, 0.1) is 11.9 Å². The van der Waals surface area contributed by atoms with Crippen molar-refractivity contribution in [2.24, 2.45) is 0 Å². The number of carbonyl (C=O) groups excluding carboxylic acids is 2. The van der Waals surface area contributed by atoms with Crippen LogP contribution >= 0.6 is 23.2 Å². The molecule has 0 unspecified atom stereocenters. The summed E-state index contributed by atoms with van der Waals surface area (Å²) in [5.41, 5.74) is 1.07. The lowest BCUT2D eigenvalue weighted by molar-refractivity contribution is -0.139. The molecule has 0 fully saturated rings. The third-order valence-corrected chi connectivity index (χ3v) is 6.70. The van der Waals surface area contributed by atoms with Crippen LogP contribution in [0.5, 0.6) is 0 Å². The molecule has 0 saturated carbocycles. The average molecular weight is 514 g/mol. The number of nitrogens with one attached hydrogen (secondary N) is 1. The summed E-state index contributed by atoms with van der Waals surface area (Å²) in [7, 11) is -3.78. The summed E-state index contributed by atoms with van der Waals surface area (Å²) in [4.78, 5) is 27.5. The normalized spacial score (nSPS) is 12.2. The van der Waals surface area contributed by atoms with Crippen molar-refractivity contribution < 1.29 is 18.0 Å². The first kappa shape index (κ1) is 27.0. The number of benzene rings is 2. The van der Waals surface area contributed by atoms with Gasteiger partial charge >= 0.3 is 0 Å². The number of rotatable bonds is 11. The molecule has 0 saturated heterocycles. The summed E-state index contributed by atoms with van der Waals surface area (Å²) in [5.74, 6) is -0.813. The number of hydrogen-bond acceptors (Lipinski definition) is 4. The Morgan fingerprint density at radius 2 is 1.55 bits per heavy atom. The molecule has 0 aliphatic carbocycles. The fourth-order valence-corrected chi connectivity index (χ4v) is 4.23. The largest absolute Gasteiger partial charge is 0.354 e. The average Bonchev–Trinajstić information content (AvgIpc) is 2.76. The monoisotopic (exact) mass is 513 g/mol. The molecule has 0 heterocycles. The summed E-state index contributed by atoms with van der Waals surface area (Å²) in [5, 5.41) is 3.83. The lowest BCUT2D eigenvalue weighted by Gasteiger charge is -2.31. The highest BCUT2D eigenvalue weighted by Gasteiger charge is 2.30. The zero-order chi connectivity index (χ0) is 24.6. The standard InChI is InChI=1S/C23H29Cl2N3O4S/c1-4-5-14-26-23(30)17(2)27(15-18-6-8-19(24)9-7-18)22(29)16-28(33(3,31)32)21-12-10-20(25)11-13-21/h6-13,17H,4-5,14-16H2,1-3H3,(H,26,30)/t17-/m0/s1. The molecule has 1 atom stereocenters. The van der Waals surface area contributed by atoms with Crippen LogP contribution in [0.15, 0.2) is 48.5 Å². The van der Waals surface area contributed by atoms with Crippen LogP contribution in [0.4, 0.5) is 5.69 Å². The maximum Gasteiger partial charge on any atom is 0.244 e. The van der Waals surface area contributed by atoms with Crippen LogP contribution in [0.1, 0.15) is 32.3 Å². The van der Waals surface area contributed by atoms with Gasteiger partial charge in [-0.25, -0.2) is 8.42 Å². The number of unbranched alkanes of at least 4 members (excludes halogenated alkanes) is 1. The Balaban J connectivity index is 2.32. The fourth-order valence-electron chi connectivity index (χ4n) is 3.13. The Bertz CT molecular complexity index is 1040. The summed E-state index contributed by atoms with van der Waals surface area (Å²) in [6.07, 6.45) is 2.77. The van der Waals surface area contributed by atoms with E-state index in [2.05, 4.69) is 5.32 Å². The zero-order valence-corrected chi connectivity index (χ0v) is 21.3. The van der Waals surface area contributed by atoms with Gasteiger partial charge in [-0.15, -0.1) is 0 Å². The van der Waals surface area contributed by atoms with Crippen molar-refractivity contribution in [3.8, 4) is 0 Å². The summed E-state index contributed by atoms with van der Waals surface area (Å²) >= 11 is 11.9. The number of hydrogen-bond donors (Lipinski definition) is 1. The van der Waals surface area contributed by atoms with Crippen molar-refractivity contribution in [3.63, 3.8) is 0 Å². The Morgan fingerprint density at radius 1 is 1.00 bits per heavy atom. The van der Waals surface area contributed by atoms with E-state index in [4.69, 9.17) is 23.2 Å². The number of sulfonamides is 1. The van der Waals surface area contributed by atoms with E-state index in [1.54, 1.807) is 43.3 Å². The minimum atomic E-state index is -3.78. The van der Waals surface area contributed by atoms with Crippen molar-refractivity contribution >= 4 is 50.7 Å². The Morgan fingerprint density at radius 3 is 2.06 bits per heavy atom. The predicted octanol–water partition coefficient (Wildman–Crippen LogP) is 4.09. The summed E-state index contributed by atoms with van der Waals surface area (Å²) < 4.78 is 26.0. The van der Waals surface area contributed by atoms with Gasteiger partial charge in [0.1, 0.15) is 12.6 Å². The number of nitrogens with zero attached hydrogens (tertiary/aromatic N) is 2. The number of anilines is 1. The second-order valence-corrected chi connectivity index (χ2v) is 10.5. The molecule has 2 aromatic carbocycles. The number of halogens is 2. The molecule has 1 N–H and O–H groups in total. The van der Waals surface area contributed by atoms with Gasteiger partial charge in [0.2, 0.25) is 21.8 Å². The third-order valence-electron chi connectivity index (χ3n) is 5.06. The molecule has 2 aromatic rings. The molecule has 0 bridgehead atoms. The minimum Gasteiger partial charge on any atom is -0.354 e. The van der Waals surface area contributed by atoms with Gasteiger partial charge in [0, 0.05) is 23.1 Å². The van der Waals surface area contributed by atoms with E-state index in [-0.39, 0.29) is 12.5 Å². The van der Waals surface area contributed by atoms with E-state index in [1.807, 2.05) is 6.92 Å². The summed E-state index contributed by atoms with van der Waals surface area (Å²) in [6, 6.07) is 12.3. The van der Waals surface area contributed by atoms with Crippen molar-refractivity contribution in [1.29, 1.82) is 0 Å². The molecular weight excluding hydrogens is 485 g/mol. The summed E-state index contributed by atoms with van der Waals surface area (Å²) in [6.45, 7) is 3.81. The van der Waals surface area contributed by atoms with Gasteiger partial charge in [-0.05, 0) is 55.3 Å². The molecule has 0 spiro atoms. The SMILES string of the molecule is CCCCNC(=O)[C@H](C)N(Cc1ccc(Cl)cc1)C(=O)CN(c1ccc(Cl)cc1)S(C)(=O)=O. The second kappa shape index (κ2) is 12.3. The van der Waals surface area contributed by atoms with E-state index in [0.29, 0.717) is 22.3 Å². The molecular formula is C23H29Cl2N3O4S. The van der Waals surface area contributed by atoms with Crippen molar-refractivity contribution in [2.75, 3.05) is 23.7 Å². The predicted molar refractivity (Wildman–Crippen MR) is 133 cm³/mol. The lowest BCUT2D eigenvalue weighted by Crippen LogP contribution is -2.51. The number of carbonyl (C=O) groups is 2. The van der Waals surface area contributed by atoms with Crippen LogP contribution in [0.3, 0.4) is 0 Å². The van der Waals surface area contributed by atoms with E-state index in [1.165, 1.54) is 17.0 Å². The molecule has 0 aliphatic rings. The van der Waals surface area contributed by atoms with Gasteiger partial charge in [-0.2, -0.15) is 0 Å². The highest BCUT2D eigenvalue weighted by molar-refractivity contribution is 7.92. The third kappa shape index (κ3) is 8.21. The molecule has 33 heavy (non-hydrogen) atoms. The topological polar surface area (TPSA) is 86.8 Å². The molecule has 2 rings (SSSR count). The fraction of sp³-hybridized carbons (Fsp3) is 0.391. The second-order valence-electron chi connectivity index (χ2n) is 7.71. The van der Waals surface area contributed by atoms with E-state index < -0.39 is 28.5 Å². The van der Waals surface area contributed by atoms with Gasteiger partial charge in [0.25, 0.3) is 0 Å². The van der Waals surface area contributed by atoms with Gasteiger partial charge in [-0.1, -0.05) is 48.7 Å². The van der Waals surface area contributed by atoms with E-state index >= 15 is 0 Å². The zero-order valence-electron chi connectivity index (χ0n) is 18.9. The van der Waals surface area contributed by atoms with E-state index in [9.17, 15) is 18.0 Å². The Kier molecular flexibility index (Phi) is 10.0. The van der Waals surface area contributed by atoms with Crippen LogP contribution in [-0.2, 0) is 26.2 Å². The smallest absolute Gasteiger partial charge is 0.244 e. The first-order valence-corrected chi connectivity index (χ1v) is 13.2. The Hall–Kier alpha value is -2.29. The van der Waals surface area contributed by atoms with Gasteiger partial charge < -0.3 is 10.2 Å². The maximum atomic E-state index is 13.4. The number of amides is 2. The first-order valence-electron chi connectivity index (χ1n) is 10.6. The highest BCUT2D eigenvalue weighted by Crippen LogP contribution is 2.21. The van der Waals surface area contributed by atoms with Gasteiger partial charge in [-0.3, -0.25) is 13.9 Å². The maximum absolute atomic E-state index is 13.4. The molecule has 10 heteroatoms. The van der Waals surface area contributed by atoms with Crippen LogP contribution in [0.25, 0.3) is 0 Å². The van der Waals surface area contributed by atoms with Crippen molar-refractivity contribution in [1.82, 2.24) is 10.2 Å². The van der Waals surface area contributed by atoms with Crippen LogP contribution in [-0.4, -0.2) is 50.5 Å².